The maximum atomic E-state index is 5.09. The fourth-order valence-electron chi connectivity index (χ4n) is 2.42. The quantitative estimate of drug-likeness (QED) is 0.316. The molecule has 18 heavy (non-hydrogen) atoms. The average molecular weight is 245 g/mol. The molecule has 0 saturated carbocycles. The number of terminal acetylenes is 1. The van der Waals surface area contributed by atoms with Gasteiger partial charge in [0.05, 0.1) is 5.71 Å². The van der Waals surface area contributed by atoms with E-state index in [9.17, 15) is 0 Å². The van der Waals surface area contributed by atoms with E-state index >= 15 is 0 Å². The molecule has 0 fully saturated rings. The van der Waals surface area contributed by atoms with Crippen LogP contribution in [-0.2, 0) is 4.84 Å². The summed E-state index contributed by atoms with van der Waals surface area (Å²) in [6, 6.07) is 0. The molecule has 0 radical (unpaired) electrons. The van der Waals surface area contributed by atoms with Crippen LogP contribution >= 0.6 is 0 Å². The molecule has 0 saturated heterocycles. The van der Waals surface area contributed by atoms with Gasteiger partial charge in [-0.15, -0.1) is 6.42 Å². The number of hydrogen-bond donors (Lipinski definition) is 0. The van der Waals surface area contributed by atoms with Gasteiger partial charge in [0.2, 0.25) is 0 Å². The lowest BCUT2D eigenvalue weighted by molar-refractivity contribution is 0.180. The molecule has 1 aliphatic carbocycles. The van der Waals surface area contributed by atoms with Crippen LogP contribution in [0.15, 0.2) is 28.5 Å². The summed E-state index contributed by atoms with van der Waals surface area (Å²) in [5, 5.41) is 3.94. The summed E-state index contributed by atoms with van der Waals surface area (Å²) >= 11 is 0. The SMILES string of the molecule is C#CCO/N=C(C)/C=C/C1=C(C)CCCC1(C)C. The van der Waals surface area contributed by atoms with E-state index in [1.165, 1.54) is 30.4 Å². The summed E-state index contributed by atoms with van der Waals surface area (Å²) in [5.41, 5.74) is 4.02. The maximum Gasteiger partial charge on any atom is 0.177 e. The first-order valence-corrected chi connectivity index (χ1v) is 6.45. The molecule has 0 N–H and O–H groups in total. The third-order valence-corrected chi connectivity index (χ3v) is 3.39. The molecule has 98 valence electrons. The Balaban J connectivity index is 2.76. The fraction of sp³-hybridized carbons (Fsp3) is 0.562. The van der Waals surface area contributed by atoms with Crippen molar-refractivity contribution in [3.05, 3.63) is 23.3 Å². The molecule has 0 atom stereocenters. The molecule has 0 spiro atoms. The highest BCUT2D eigenvalue weighted by molar-refractivity contribution is 5.92. The minimum absolute atomic E-state index is 0.221. The van der Waals surface area contributed by atoms with Crippen LogP contribution in [0.3, 0.4) is 0 Å². The predicted molar refractivity (Wildman–Crippen MR) is 77.4 cm³/mol. The zero-order chi connectivity index (χ0) is 13.6. The van der Waals surface area contributed by atoms with Gasteiger partial charge in [0, 0.05) is 0 Å². The van der Waals surface area contributed by atoms with Crippen LogP contribution in [0.1, 0.15) is 47.0 Å². The molecule has 0 unspecified atom stereocenters. The van der Waals surface area contributed by atoms with E-state index in [1.54, 1.807) is 0 Å². The van der Waals surface area contributed by atoms with Crippen LogP contribution < -0.4 is 0 Å². The van der Waals surface area contributed by atoms with Crippen LogP contribution in [0.2, 0.25) is 0 Å². The van der Waals surface area contributed by atoms with Crippen molar-refractivity contribution in [1.29, 1.82) is 0 Å². The molecule has 0 aromatic rings. The smallest absolute Gasteiger partial charge is 0.177 e. The van der Waals surface area contributed by atoms with Crippen molar-refractivity contribution in [2.75, 3.05) is 6.61 Å². The highest BCUT2D eigenvalue weighted by Crippen LogP contribution is 2.40. The molecular formula is C16H23NO. The van der Waals surface area contributed by atoms with E-state index in [0.29, 0.717) is 0 Å². The first-order valence-electron chi connectivity index (χ1n) is 6.45. The Kier molecular flexibility index (Phi) is 5.22. The van der Waals surface area contributed by atoms with Crippen LogP contribution in [-0.4, -0.2) is 12.3 Å². The molecule has 0 aliphatic heterocycles. The van der Waals surface area contributed by atoms with Gasteiger partial charge in [0.25, 0.3) is 0 Å². The lowest BCUT2D eigenvalue weighted by Gasteiger charge is -2.32. The van der Waals surface area contributed by atoms with Gasteiger partial charge in [-0.25, -0.2) is 0 Å². The highest BCUT2D eigenvalue weighted by atomic mass is 16.6. The Morgan fingerprint density at radius 1 is 1.56 bits per heavy atom. The van der Waals surface area contributed by atoms with Crippen molar-refractivity contribution in [3.63, 3.8) is 0 Å². The Hall–Kier alpha value is -1.49. The standard InChI is InChI=1S/C16H23NO/c1-6-12-18-17-14(3)9-10-15-13(2)8-7-11-16(15,4)5/h1,9-10H,7-8,11-12H2,2-5H3/b10-9+,17-14+. The lowest BCUT2D eigenvalue weighted by Crippen LogP contribution is -2.19. The van der Waals surface area contributed by atoms with Crippen molar-refractivity contribution >= 4 is 5.71 Å². The highest BCUT2D eigenvalue weighted by Gasteiger charge is 2.26. The topological polar surface area (TPSA) is 21.6 Å². The second-order valence-corrected chi connectivity index (χ2v) is 5.48. The number of nitrogens with zero attached hydrogens (tertiary/aromatic N) is 1. The molecule has 0 aromatic carbocycles. The first kappa shape index (κ1) is 14.6. The van der Waals surface area contributed by atoms with Gasteiger partial charge in [-0.2, -0.15) is 0 Å². The zero-order valence-corrected chi connectivity index (χ0v) is 11.9. The second-order valence-electron chi connectivity index (χ2n) is 5.48. The van der Waals surface area contributed by atoms with E-state index in [-0.39, 0.29) is 12.0 Å². The van der Waals surface area contributed by atoms with Gasteiger partial charge < -0.3 is 4.84 Å². The van der Waals surface area contributed by atoms with E-state index < -0.39 is 0 Å². The zero-order valence-electron chi connectivity index (χ0n) is 11.9. The minimum Gasteiger partial charge on any atom is -0.382 e. The normalized spacial score (nSPS) is 20.1. The van der Waals surface area contributed by atoms with Gasteiger partial charge in [0.15, 0.2) is 6.61 Å². The largest absolute Gasteiger partial charge is 0.382 e. The second kappa shape index (κ2) is 6.44. The van der Waals surface area contributed by atoms with Crippen LogP contribution in [0.4, 0.5) is 0 Å². The molecule has 2 heteroatoms. The first-order chi connectivity index (χ1) is 8.47. The molecule has 1 rings (SSSR count). The molecular weight excluding hydrogens is 222 g/mol. The molecule has 0 bridgehead atoms. The summed E-state index contributed by atoms with van der Waals surface area (Å²) in [6.07, 6.45) is 13.0. The van der Waals surface area contributed by atoms with E-state index in [2.05, 4.69) is 37.9 Å². The summed E-state index contributed by atoms with van der Waals surface area (Å²) in [6.45, 7) is 8.96. The van der Waals surface area contributed by atoms with Crippen molar-refractivity contribution in [2.24, 2.45) is 10.6 Å². The Labute approximate surface area is 111 Å². The molecule has 1 aliphatic rings. The van der Waals surface area contributed by atoms with Crippen molar-refractivity contribution in [1.82, 2.24) is 0 Å². The van der Waals surface area contributed by atoms with Crippen LogP contribution in [0.25, 0.3) is 0 Å². The molecule has 0 amide bonds. The fourth-order valence-corrected chi connectivity index (χ4v) is 2.42. The number of oxime groups is 1. The van der Waals surface area contributed by atoms with Gasteiger partial charge in [0.1, 0.15) is 0 Å². The summed E-state index contributed by atoms with van der Waals surface area (Å²) in [5.74, 6) is 2.39. The number of hydrogen-bond acceptors (Lipinski definition) is 2. The van der Waals surface area contributed by atoms with Gasteiger partial charge in [-0.05, 0) is 50.2 Å². The molecule has 0 aromatic heterocycles. The van der Waals surface area contributed by atoms with Gasteiger partial charge >= 0.3 is 0 Å². The predicted octanol–water partition coefficient (Wildman–Crippen LogP) is 4.09. The average Bonchev–Trinajstić information content (AvgIpc) is 2.28. The van der Waals surface area contributed by atoms with Crippen molar-refractivity contribution in [2.45, 2.75) is 47.0 Å². The summed E-state index contributed by atoms with van der Waals surface area (Å²) < 4.78 is 0. The molecule has 2 nitrogen and oxygen atoms in total. The summed E-state index contributed by atoms with van der Waals surface area (Å²) in [7, 11) is 0. The van der Waals surface area contributed by atoms with E-state index in [4.69, 9.17) is 11.3 Å². The monoisotopic (exact) mass is 245 g/mol. The summed E-state index contributed by atoms with van der Waals surface area (Å²) in [4.78, 5) is 4.95. The van der Waals surface area contributed by atoms with Crippen molar-refractivity contribution in [3.8, 4) is 12.3 Å². The van der Waals surface area contributed by atoms with Crippen molar-refractivity contribution < 1.29 is 4.84 Å². The Bertz CT molecular complexity index is 419. The lowest BCUT2D eigenvalue weighted by atomic mass is 9.72. The third-order valence-electron chi connectivity index (χ3n) is 3.39. The number of rotatable bonds is 4. The van der Waals surface area contributed by atoms with E-state index in [0.717, 1.165) is 5.71 Å². The Morgan fingerprint density at radius 3 is 2.89 bits per heavy atom. The molecule has 0 heterocycles. The Morgan fingerprint density at radius 2 is 2.28 bits per heavy atom. The maximum absolute atomic E-state index is 5.09. The third kappa shape index (κ3) is 4.07. The number of allylic oxidation sites excluding steroid dienone is 4. The van der Waals surface area contributed by atoms with Gasteiger partial charge in [-0.1, -0.05) is 36.6 Å². The van der Waals surface area contributed by atoms with E-state index in [1.807, 2.05) is 13.0 Å². The van der Waals surface area contributed by atoms with Gasteiger partial charge in [-0.3, -0.25) is 0 Å². The minimum atomic E-state index is 0.221. The van der Waals surface area contributed by atoms with Crippen LogP contribution in [0, 0.1) is 17.8 Å². The van der Waals surface area contributed by atoms with Crippen LogP contribution in [0.5, 0.6) is 0 Å².